The van der Waals surface area contributed by atoms with Gasteiger partial charge < -0.3 is 9.47 Å². The topological polar surface area (TPSA) is 35.5 Å². The van der Waals surface area contributed by atoms with Gasteiger partial charge in [-0.3, -0.25) is 4.79 Å². The highest BCUT2D eigenvalue weighted by Crippen LogP contribution is 2.24. The van der Waals surface area contributed by atoms with Gasteiger partial charge in [0.25, 0.3) is 0 Å². The minimum atomic E-state index is -0.0263. The van der Waals surface area contributed by atoms with Crippen LogP contribution in [0.3, 0.4) is 0 Å². The smallest absolute Gasteiger partial charge is 0.309 e. The molecule has 1 atom stereocenters. The fourth-order valence-electron chi connectivity index (χ4n) is 2.08. The second-order valence-corrected chi connectivity index (χ2v) is 6.51. The van der Waals surface area contributed by atoms with Gasteiger partial charge in [-0.25, -0.2) is 0 Å². The average Bonchev–Trinajstić information content (AvgIpc) is 2.22. The molecule has 0 N–H and O–H groups in total. The molecule has 0 bridgehead atoms. The van der Waals surface area contributed by atoms with Crippen molar-refractivity contribution < 1.29 is 14.3 Å². The predicted molar refractivity (Wildman–Crippen MR) is 72.4 cm³/mol. The Hall–Kier alpha value is -0.570. The van der Waals surface area contributed by atoms with Crippen molar-refractivity contribution >= 4 is 5.97 Å². The largest absolute Gasteiger partial charge is 0.457 e. The summed E-state index contributed by atoms with van der Waals surface area (Å²) in [7, 11) is 0. The minimum Gasteiger partial charge on any atom is -0.457 e. The number of rotatable bonds is 7. The number of esters is 1. The van der Waals surface area contributed by atoms with Gasteiger partial charge in [-0.15, -0.1) is 0 Å². The van der Waals surface area contributed by atoms with Gasteiger partial charge in [-0.1, -0.05) is 40.5 Å². The highest BCUT2D eigenvalue weighted by atomic mass is 16.6. The Kier molecular flexibility index (Phi) is 6.13. The third kappa shape index (κ3) is 5.85. The number of carbonyl (C=O) groups excluding carboxylic acids is 1. The van der Waals surface area contributed by atoms with Gasteiger partial charge in [-0.05, 0) is 24.7 Å². The molecule has 3 nitrogen and oxygen atoms in total. The first-order valence-corrected chi connectivity index (χ1v) is 7.20. The van der Waals surface area contributed by atoms with E-state index in [1.807, 2.05) is 0 Å². The summed E-state index contributed by atoms with van der Waals surface area (Å²) in [6.45, 7) is 9.99. The Balaban J connectivity index is 2.17. The van der Waals surface area contributed by atoms with E-state index in [0.717, 1.165) is 19.3 Å². The molecule has 0 radical (unpaired) electrons. The molecular weight excluding hydrogens is 228 g/mol. The molecule has 0 aliphatic carbocycles. The molecule has 1 fully saturated rings. The summed E-state index contributed by atoms with van der Waals surface area (Å²) in [4.78, 5) is 11.9. The minimum absolute atomic E-state index is 0.0149. The summed E-state index contributed by atoms with van der Waals surface area (Å²) in [6, 6.07) is 0. The average molecular weight is 256 g/mol. The van der Waals surface area contributed by atoms with Crippen LogP contribution in [0.25, 0.3) is 0 Å². The van der Waals surface area contributed by atoms with Crippen LogP contribution in [-0.4, -0.2) is 25.3 Å². The van der Waals surface area contributed by atoms with Gasteiger partial charge in [0, 0.05) is 0 Å². The molecule has 0 aromatic heterocycles. The van der Waals surface area contributed by atoms with Crippen molar-refractivity contribution in [3.05, 3.63) is 0 Å². The summed E-state index contributed by atoms with van der Waals surface area (Å²) in [5, 5.41) is 0. The van der Waals surface area contributed by atoms with Gasteiger partial charge in [-0.2, -0.15) is 0 Å². The maximum Gasteiger partial charge on any atom is 0.309 e. The summed E-state index contributed by atoms with van der Waals surface area (Å²) in [5.41, 5.74) is 0.394. The van der Waals surface area contributed by atoms with Crippen LogP contribution in [0.4, 0.5) is 0 Å². The molecule has 0 spiro atoms. The lowest BCUT2D eigenvalue weighted by atomic mass is 9.88. The van der Waals surface area contributed by atoms with E-state index in [2.05, 4.69) is 27.7 Å². The summed E-state index contributed by atoms with van der Waals surface area (Å²) in [6.07, 6.45) is 5.38. The molecule has 1 heterocycles. The van der Waals surface area contributed by atoms with Crippen LogP contribution in [0.15, 0.2) is 0 Å². The Morgan fingerprint density at radius 2 is 2.00 bits per heavy atom. The highest BCUT2D eigenvalue weighted by molar-refractivity contribution is 5.72. The second-order valence-electron chi connectivity index (χ2n) is 6.51. The first-order valence-electron chi connectivity index (χ1n) is 7.20. The molecule has 0 amide bonds. The molecule has 0 aromatic rings. The zero-order chi connectivity index (χ0) is 13.6. The van der Waals surface area contributed by atoms with Gasteiger partial charge in [0.1, 0.15) is 6.10 Å². The van der Waals surface area contributed by atoms with Crippen molar-refractivity contribution in [1.82, 2.24) is 0 Å². The Morgan fingerprint density at radius 3 is 2.44 bits per heavy atom. The number of hydrogen-bond donors (Lipinski definition) is 0. The molecular formula is C15H28O3. The molecule has 1 rings (SSSR count). The quantitative estimate of drug-likeness (QED) is 0.516. The number of ether oxygens (including phenoxy) is 2. The Morgan fingerprint density at radius 1 is 1.33 bits per heavy atom. The predicted octanol–water partition coefficient (Wildman–Crippen LogP) is 3.56. The fourth-order valence-corrected chi connectivity index (χ4v) is 2.08. The summed E-state index contributed by atoms with van der Waals surface area (Å²) < 4.78 is 10.4. The lowest BCUT2D eigenvalue weighted by molar-refractivity contribution is -0.177. The van der Waals surface area contributed by atoms with Crippen LogP contribution in [0, 0.1) is 11.3 Å². The lowest BCUT2D eigenvalue weighted by Crippen LogP contribution is -2.39. The molecule has 1 saturated heterocycles. The first kappa shape index (κ1) is 15.5. The zero-order valence-electron chi connectivity index (χ0n) is 12.3. The third-order valence-corrected chi connectivity index (χ3v) is 3.45. The monoisotopic (exact) mass is 256 g/mol. The van der Waals surface area contributed by atoms with E-state index in [0.29, 0.717) is 18.6 Å². The van der Waals surface area contributed by atoms with Crippen molar-refractivity contribution in [2.75, 3.05) is 13.2 Å². The second kappa shape index (κ2) is 7.13. The van der Waals surface area contributed by atoms with Crippen molar-refractivity contribution in [3.8, 4) is 0 Å². The Bertz CT molecular complexity index is 251. The van der Waals surface area contributed by atoms with Crippen LogP contribution < -0.4 is 0 Å². The van der Waals surface area contributed by atoms with Gasteiger partial charge >= 0.3 is 5.97 Å². The molecule has 1 unspecified atom stereocenters. The highest BCUT2D eigenvalue weighted by Gasteiger charge is 2.26. The Labute approximate surface area is 111 Å². The normalized spacial score (nSPS) is 18.2. The standard InChI is InChI=1S/C15H28O3/c1-5-12(8-6-7-9-15(2,3)4)14(16)18-13-10-17-11-13/h12-13H,5-11H2,1-4H3. The van der Waals surface area contributed by atoms with Crippen LogP contribution in [0.1, 0.15) is 59.8 Å². The SMILES string of the molecule is CCC(CCCCC(C)(C)C)C(=O)OC1COC1. The van der Waals surface area contributed by atoms with Crippen molar-refractivity contribution in [2.24, 2.45) is 11.3 Å². The van der Waals surface area contributed by atoms with E-state index in [-0.39, 0.29) is 18.0 Å². The van der Waals surface area contributed by atoms with E-state index in [9.17, 15) is 4.79 Å². The molecule has 0 saturated carbocycles. The molecule has 106 valence electrons. The number of unbranched alkanes of at least 4 members (excludes halogenated alkanes) is 1. The molecule has 18 heavy (non-hydrogen) atoms. The van der Waals surface area contributed by atoms with Crippen molar-refractivity contribution in [3.63, 3.8) is 0 Å². The fraction of sp³-hybridized carbons (Fsp3) is 0.933. The van der Waals surface area contributed by atoms with Crippen LogP contribution >= 0.6 is 0 Å². The van der Waals surface area contributed by atoms with Crippen molar-refractivity contribution in [1.29, 1.82) is 0 Å². The van der Waals surface area contributed by atoms with E-state index < -0.39 is 0 Å². The molecule has 1 aliphatic rings. The van der Waals surface area contributed by atoms with Crippen LogP contribution in [-0.2, 0) is 14.3 Å². The molecule has 3 heteroatoms. The third-order valence-electron chi connectivity index (χ3n) is 3.45. The van der Waals surface area contributed by atoms with E-state index in [1.165, 1.54) is 12.8 Å². The zero-order valence-corrected chi connectivity index (χ0v) is 12.3. The van der Waals surface area contributed by atoms with E-state index in [1.54, 1.807) is 0 Å². The first-order chi connectivity index (χ1) is 8.42. The van der Waals surface area contributed by atoms with Crippen molar-refractivity contribution in [2.45, 2.75) is 65.9 Å². The summed E-state index contributed by atoms with van der Waals surface area (Å²) in [5.74, 6) is 0.0483. The van der Waals surface area contributed by atoms with Gasteiger partial charge in [0.15, 0.2) is 0 Å². The van der Waals surface area contributed by atoms with E-state index in [4.69, 9.17) is 9.47 Å². The number of carbonyl (C=O) groups is 1. The van der Waals surface area contributed by atoms with Crippen LogP contribution in [0.2, 0.25) is 0 Å². The van der Waals surface area contributed by atoms with Gasteiger partial charge in [0.05, 0.1) is 19.1 Å². The lowest BCUT2D eigenvalue weighted by Gasteiger charge is -2.27. The van der Waals surface area contributed by atoms with Gasteiger partial charge in [0.2, 0.25) is 0 Å². The molecule has 0 aromatic carbocycles. The van der Waals surface area contributed by atoms with E-state index >= 15 is 0 Å². The summed E-state index contributed by atoms with van der Waals surface area (Å²) >= 11 is 0. The number of hydrogen-bond acceptors (Lipinski definition) is 3. The van der Waals surface area contributed by atoms with Crippen LogP contribution in [0.5, 0.6) is 0 Å². The maximum atomic E-state index is 11.9. The maximum absolute atomic E-state index is 11.9. The molecule has 1 aliphatic heterocycles.